The summed E-state index contributed by atoms with van der Waals surface area (Å²) in [7, 11) is -3.50. The van der Waals surface area contributed by atoms with Gasteiger partial charge in [0.15, 0.2) is 0 Å². The lowest BCUT2D eigenvalue weighted by molar-refractivity contribution is 0.119. The molecule has 0 saturated carbocycles. The van der Waals surface area contributed by atoms with E-state index in [9.17, 15) is 12.8 Å². The van der Waals surface area contributed by atoms with E-state index in [1.165, 1.54) is 28.6 Å². The molecule has 1 aromatic carbocycles. The number of benzene rings is 1. The zero-order valence-corrected chi connectivity index (χ0v) is 15.5. The predicted octanol–water partition coefficient (Wildman–Crippen LogP) is 2.55. The number of hydrogen-bond donors (Lipinski definition) is 0. The molecule has 3 rings (SSSR count). The van der Waals surface area contributed by atoms with Crippen LogP contribution in [-0.2, 0) is 22.2 Å². The van der Waals surface area contributed by atoms with E-state index in [1.54, 1.807) is 12.4 Å². The van der Waals surface area contributed by atoms with Gasteiger partial charge in [0.25, 0.3) is 0 Å². The second-order valence-electron chi connectivity index (χ2n) is 6.35. The smallest absolute Gasteiger partial charge is 0.316 e. The third-order valence-corrected chi connectivity index (χ3v) is 6.18. The van der Waals surface area contributed by atoms with Crippen LogP contribution < -0.4 is 4.74 Å². The standard InChI is InChI=1S/C18H22FN3O3S/c1-2-14-10-20-18(21-11-14)25-17-4-3-9-22(12-17)26(23,24)13-15-5-7-16(19)8-6-15/h5-8,10-11,17H,2-4,9,12-13H2,1H3. The Labute approximate surface area is 153 Å². The predicted molar refractivity (Wildman–Crippen MR) is 95.7 cm³/mol. The largest absolute Gasteiger partial charge is 0.459 e. The van der Waals surface area contributed by atoms with Crippen LogP contribution in [0.4, 0.5) is 4.39 Å². The number of nitrogens with zero attached hydrogens (tertiary/aromatic N) is 3. The van der Waals surface area contributed by atoms with Gasteiger partial charge >= 0.3 is 6.01 Å². The van der Waals surface area contributed by atoms with Crippen molar-refractivity contribution in [2.75, 3.05) is 13.1 Å². The Balaban J connectivity index is 1.63. The van der Waals surface area contributed by atoms with Gasteiger partial charge in [0.05, 0.1) is 12.3 Å². The highest BCUT2D eigenvalue weighted by Gasteiger charge is 2.30. The number of hydrogen-bond acceptors (Lipinski definition) is 5. The molecule has 0 radical (unpaired) electrons. The van der Waals surface area contributed by atoms with Gasteiger partial charge in [0, 0.05) is 18.9 Å². The Hall–Kier alpha value is -2.06. The van der Waals surface area contributed by atoms with E-state index in [0.29, 0.717) is 18.5 Å². The molecular formula is C18H22FN3O3S. The van der Waals surface area contributed by atoms with Crippen LogP contribution in [0.1, 0.15) is 30.9 Å². The van der Waals surface area contributed by atoms with Crippen LogP contribution in [0.15, 0.2) is 36.7 Å². The van der Waals surface area contributed by atoms with Gasteiger partial charge in [0.1, 0.15) is 11.9 Å². The zero-order valence-electron chi connectivity index (χ0n) is 14.6. The van der Waals surface area contributed by atoms with Crippen molar-refractivity contribution in [3.05, 3.63) is 53.6 Å². The monoisotopic (exact) mass is 379 g/mol. The van der Waals surface area contributed by atoms with Crippen LogP contribution in [-0.4, -0.2) is 41.9 Å². The van der Waals surface area contributed by atoms with E-state index in [2.05, 4.69) is 9.97 Å². The van der Waals surface area contributed by atoms with Crippen LogP contribution in [0, 0.1) is 5.82 Å². The molecule has 0 N–H and O–H groups in total. The minimum Gasteiger partial charge on any atom is -0.459 e. The van der Waals surface area contributed by atoms with E-state index < -0.39 is 10.0 Å². The quantitative estimate of drug-likeness (QED) is 0.771. The molecule has 6 nitrogen and oxygen atoms in total. The summed E-state index contributed by atoms with van der Waals surface area (Å²) in [6.45, 7) is 2.74. The van der Waals surface area contributed by atoms with Crippen LogP contribution >= 0.6 is 0 Å². The number of sulfonamides is 1. The summed E-state index contributed by atoms with van der Waals surface area (Å²) in [5.41, 5.74) is 1.58. The maximum absolute atomic E-state index is 13.0. The Bertz CT molecular complexity index is 826. The molecule has 0 bridgehead atoms. The molecular weight excluding hydrogens is 357 g/mol. The molecule has 1 aromatic heterocycles. The highest BCUT2D eigenvalue weighted by atomic mass is 32.2. The van der Waals surface area contributed by atoms with Crippen LogP contribution in [0.5, 0.6) is 6.01 Å². The highest BCUT2D eigenvalue weighted by molar-refractivity contribution is 7.88. The first-order chi connectivity index (χ1) is 12.5. The van der Waals surface area contributed by atoms with Crippen LogP contribution in [0.2, 0.25) is 0 Å². The van der Waals surface area contributed by atoms with Crippen molar-refractivity contribution in [3.8, 4) is 6.01 Å². The molecule has 8 heteroatoms. The number of ether oxygens (including phenoxy) is 1. The number of rotatable bonds is 6. The normalized spacial score (nSPS) is 18.6. The van der Waals surface area contributed by atoms with Gasteiger partial charge in [0.2, 0.25) is 10.0 Å². The van der Waals surface area contributed by atoms with E-state index in [-0.39, 0.29) is 30.2 Å². The van der Waals surface area contributed by atoms with E-state index >= 15 is 0 Å². The fourth-order valence-electron chi connectivity index (χ4n) is 2.87. The number of aryl methyl sites for hydroxylation is 1. The van der Waals surface area contributed by atoms with Gasteiger partial charge in [-0.1, -0.05) is 19.1 Å². The first-order valence-electron chi connectivity index (χ1n) is 8.66. The SMILES string of the molecule is CCc1cnc(OC2CCCN(S(=O)(=O)Cc3ccc(F)cc3)C2)nc1. The summed E-state index contributed by atoms with van der Waals surface area (Å²) >= 11 is 0. The topological polar surface area (TPSA) is 72.4 Å². The van der Waals surface area contributed by atoms with E-state index in [0.717, 1.165) is 18.4 Å². The van der Waals surface area contributed by atoms with E-state index in [1.807, 2.05) is 6.92 Å². The third-order valence-electron chi connectivity index (χ3n) is 4.36. The van der Waals surface area contributed by atoms with Crippen LogP contribution in [0.3, 0.4) is 0 Å². The summed E-state index contributed by atoms with van der Waals surface area (Å²) < 4.78 is 45.5. The molecule has 1 fully saturated rings. The van der Waals surface area contributed by atoms with Crippen molar-refractivity contribution in [1.29, 1.82) is 0 Å². The fourth-order valence-corrected chi connectivity index (χ4v) is 4.47. The van der Waals surface area contributed by atoms with Gasteiger partial charge < -0.3 is 4.74 Å². The van der Waals surface area contributed by atoms with Gasteiger partial charge in [-0.25, -0.2) is 22.8 Å². The average Bonchev–Trinajstić information content (AvgIpc) is 2.64. The maximum atomic E-state index is 13.0. The van der Waals surface area contributed by atoms with Crippen molar-refractivity contribution >= 4 is 10.0 Å². The minimum absolute atomic E-state index is 0.151. The number of piperidine rings is 1. The molecule has 1 saturated heterocycles. The lowest BCUT2D eigenvalue weighted by Gasteiger charge is -2.31. The molecule has 0 spiro atoms. The number of halogens is 1. The van der Waals surface area contributed by atoms with Crippen molar-refractivity contribution in [1.82, 2.24) is 14.3 Å². The summed E-state index contributed by atoms with van der Waals surface area (Å²) in [4.78, 5) is 8.34. The first kappa shape index (κ1) is 18.7. The summed E-state index contributed by atoms with van der Waals surface area (Å²) in [6, 6.07) is 5.79. The Morgan fingerprint density at radius 2 is 1.88 bits per heavy atom. The van der Waals surface area contributed by atoms with Gasteiger partial charge in [-0.15, -0.1) is 0 Å². The second kappa shape index (κ2) is 8.09. The minimum atomic E-state index is -3.50. The summed E-state index contributed by atoms with van der Waals surface area (Å²) in [6.07, 6.45) is 5.46. The average molecular weight is 379 g/mol. The molecule has 1 atom stereocenters. The van der Waals surface area contributed by atoms with Gasteiger partial charge in [-0.05, 0) is 42.5 Å². The zero-order chi connectivity index (χ0) is 18.6. The maximum Gasteiger partial charge on any atom is 0.316 e. The van der Waals surface area contributed by atoms with Crippen LogP contribution in [0.25, 0.3) is 0 Å². The lowest BCUT2D eigenvalue weighted by atomic mass is 10.1. The molecule has 0 aliphatic carbocycles. The number of aromatic nitrogens is 2. The second-order valence-corrected chi connectivity index (χ2v) is 8.32. The first-order valence-corrected chi connectivity index (χ1v) is 10.3. The Morgan fingerprint density at radius 1 is 1.19 bits per heavy atom. The molecule has 0 amide bonds. The molecule has 140 valence electrons. The highest BCUT2D eigenvalue weighted by Crippen LogP contribution is 2.20. The van der Waals surface area contributed by atoms with Crippen molar-refractivity contribution in [2.45, 2.75) is 38.0 Å². The van der Waals surface area contributed by atoms with Gasteiger partial charge in [-0.2, -0.15) is 4.31 Å². The Kier molecular flexibility index (Phi) is 5.83. The molecule has 26 heavy (non-hydrogen) atoms. The molecule has 1 aliphatic heterocycles. The Morgan fingerprint density at radius 3 is 2.54 bits per heavy atom. The summed E-state index contributed by atoms with van der Waals surface area (Å²) in [5.74, 6) is -0.534. The third kappa shape index (κ3) is 4.76. The van der Waals surface area contributed by atoms with Crippen molar-refractivity contribution < 1.29 is 17.5 Å². The van der Waals surface area contributed by atoms with E-state index in [4.69, 9.17) is 4.74 Å². The fraction of sp³-hybridized carbons (Fsp3) is 0.444. The van der Waals surface area contributed by atoms with Crippen molar-refractivity contribution in [2.24, 2.45) is 0 Å². The lowest BCUT2D eigenvalue weighted by Crippen LogP contribution is -2.44. The van der Waals surface area contributed by atoms with Gasteiger partial charge in [-0.3, -0.25) is 0 Å². The van der Waals surface area contributed by atoms with Crippen molar-refractivity contribution in [3.63, 3.8) is 0 Å². The summed E-state index contributed by atoms with van der Waals surface area (Å²) in [5, 5.41) is 0. The molecule has 1 unspecified atom stereocenters. The molecule has 2 heterocycles. The molecule has 2 aromatic rings. The molecule has 1 aliphatic rings.